The Bertz CT molecular complexity index is 504. The van der Waals surface area contributed by atoms with E-state index < -0.39 is 0 Å². The number of nitrogens with zero attached hydrogens (tertiary/aromatic N) is 3. The van der Waals surface area contributed by atoms with Crippen LogP contribution in [0.15, 0.2) is 24.3 Å². The molecule has 1 atom stereocenters. The van der Waals surface area contributed by atoms with Gasteiger partial charge in [0.15, 0.2) is 0 Å². The van der Waals surface area contributed by atoms with Crippen LogP contribution in [0.25, 0.3) is 0 Å². The van der Waals surface area contributed by atoms with Gasteiger partial charge in [-0.05, 0) is 37.1 Å². The lowest BCUT2D eigenvalue weighted by Gasteiger charge is -2.26. The van der Waals surface area contributed by atoms with Crippen LogP contribution in [0.1, 0.15) is 24.0 Å². The van der Waals surface area contributed by atoms with Gasteiger partial charge in [0.1, 0.15) is 0 Å². The molecule has 100 valence electrons. The van der Waals surface area contributed by atoms with Crippen LogP contribution in [0.2, 0.25) is 0 Å². The van der Waals surface area contributed by atoms with Crippen LogP contribution in [0.5, 0.6) is 0 Å². The highest BCUT2D eigenvalue weighted by atomic mass is 16.2. The van der Waals surface area contributed by atoms with Gasteiger partial charge in [-0.2, -0.15) is 5.26 Å². The van der Waals surface area contributed by atoms with Crippen molar-refractivity contribution in [1.82, 2.24) is 9.80 Å². The Hall–Kier alpha value is -1.86. The predicted molar refractivity (Wildman–Crippen MR) is 73.3 cm³/mol. The first kappa shape index (κ1) is 13.6. The third-order valence-electron chi connectivity index (χ3n) is 3.53. The predicted octanol–water partition coefficient (Wildman–Crippen LogP) is 1.61. The summed E-state index contributed by atoms with van der Waals surface area (Å²) >= 11 is 0. The lowest BCUT2D eigenvalue weighted by molar-refractivity contribution is -0.133. The fraction of sp³-hybridized carbons (Fsp3) is 0.467. The van der Waals surface area contributed by atoms with Gasteiger partial charge < -0.3 is 4.90 Å². The first-order chi connectivity index (χ1) is 9.11. The molecule has 1 heterocycles. The molecular formula is C15H19N3O. The summed E-state index contributed by atoms with van der Waals surface area (Å²) in [4.78, 5) is 16.0. The van der Waals surface area contributed by atoms with Crippen LogP contribution in [-0.4, -0.2) is 42.4 Å². The molecule has 0 bridgehead atoms. The molecule has 4 nitrogen and oxygen atoms in total. The van der Waals surface area contributed by atoms with E-state index in [1.54, 1.807) is 25.1 Å². The van der Waals surface area contributed by atoms with Gasteiger partial charge in [-0.1, -0.05) is 12.1 Å². The average molecular weight is 257 g/mol. The molecule has 1 unspecified atom stereocenters. The monoisotopic (exact) mass is 257 g/mol. The van der Waals surface area contributed by atoms with Crippen LogP contribution >= 0.6 is 0 Å². The van der Waals surface area contributed by atoms with Gasteiger partial charge in [-0.15, -0.1) is 0 Å². The fourth-order valence-corrected chi connectivity index (χ4v) is 2.57. The van der Waals surface area contributed by atoms with Gasteiger partial charge >= 0.3 is 0 Å². The van der Waals surface area contributed by atoms with Gasteiger partial charge in [0, 0.05) is 20.6 Å². The van der Waals surface area contributed by atoms with E-state index in [9.17, 15) is 4.79 Å². The van der Waals surface area contributed by atoms with Crippen molar-refractivity contribution < 1.29 is 4.79 Å². The molecule has 1 aliphatic heterocycles. The minimum Gasteiger partial charge on any atom is -0.347 e. The van der Waals surface area contributed by atoms with E-state index in [2.05, 4.69) is 11.0 Å². The molecule has 0 N–H and O–H groups in total. The number of likely N-dealkylation sites (tertiary alicyclic amines) is 1. The van der Waals surface area contributed by atoms with E-state index in [0.29, 0.717) is 5.56 Å². The van der Waals surface area contributed by atoms with E-state index in [1.807, 2.05) is 18.2 Å². The summed E-state index contributed by atoms with van der Waals surface area (Å²) in [7, 11) is 3.60. The summed E-state index contributed by atoms with van der Waals surface area (Å²) in [6, 6.07) is 9.74. The van der Waals surface area contributed by atoms with E-state index in [-0.39, 0.29) is 11.9 Å². The summed E-state index contributed by atoms with van der Waals surface area (Å²) in [5.74, 6) is 0.175. The van der Waals surface area contributed by atoms with Crippen molar-refractivity contribution in [3.05, 3.63) is 35.4 Å². The average Bonchev–Trinajstić information content (AvgIpc) is 2.86. The zero-order chi connectivity index (χ0) is 13.8. The van der Waals surface area contributed by atoms with Crippen LogP contribution in [0, 0.1) is 11.3 Å². The van der Waals surface area contributed by atoms with Crippen molar-refractivity contribution in [2.75, 3.05) is 20.6 Å². The summed E-state index contributed by atoms with van der Waals surface area (Å²) in [6.45, 7) is 1.68. The molecule has 0 radical (unpaired) electrons. The van der Waals surface area contributed by atoms with Gasteiger partial charge in [0.25, 0.3) is 0 Å². The molecule has 19 heavy (non-hydrogen) atoms. The van der Waals surface area contributed by atoms with Crippen molar-refractivity contribution >= 4 is 5.91 Å². The first-order valence-electron chi connectivity index (χ1n) is 6.56. The quantitative estimate of drug-likeness (QED) is 0.826. The maximum Gasteiger partial charge on any atom is 0.239 e. The lowest BCUT2D eigenvalue weighted by atomic mass is 10.1. The van der Waals surface area contributed by atoms with Crippen molar-refractivity contribution in [2.45, 2.75) is 25.4 Å². The van der Waals surface area contributed by atoms with Crippen LogP contribution in [-0.2, 0) is 11.3 Å². The minimum absolute atomic E-state index is 0.0132. The highest BCUT2D eigenvalue weighted by molar-refractivity contribution is 5.81. The van der Waals surface area contributed by atoms with Crippen molar-refractivity contribution in [3.63, 3.8) is 0 Å². The largest absolute Gasteiger partial charge is 0.347 e. The van der Waals surface area contributed by atoms with E-state index in [1.165, 1.54) is 0 Å². The summed E-state index contributed by atoms with van der Waals surface area (Å²) in [5.41, 5.74) is 1.77. The smallest absolute Gasteiger partial charge is 0.239 e. The molecule has 0 aromatic heterocycles. The maximum atomic E-state index is 12.1. The Morgan fingerprint density at radius 2 is 2.32 bits per heavy atom. The zero-order valence-electron chi connectivity index (χ0n) is 11.5. The Kier molecular flexibility index (Phi) is 4.18. The molecule has 2 rings (SSSR count). The third kappa shape index (κ3) is 3.12. The molecular weight excluding hydrogens is 238 g/mol. The van der Waals surface area contributed by atoms with Gasteiger partial charge in [-0.3, -0.25) is 9.69 Å². The first-order valence-corrected chi connectivity index (χ1v) is 6.56. The number of amides is 1. The second kappa shape index (κ2) is 5.85. The topological polar surface area (TPSA) is 47.3 Å². The summed E-state index contributed by atoms with van der Waals surface area (Å²) in [5, 5.41) is 8.91. The van der Waals surface area contributed by atoms with Crippen molar-refractivity contribution in [2.24, 2.45) is 0 Å². The van der Waals surface area contributed by atoms with Crippen molar-refractivity contribution in [1.29, 1.82) is 5.26 Å². The van der Waals surface area contributed by atoms with E-state index in [0.717, 1.165) is 31.5 Å². The highest BCUT2D eigenvalue weighted by Gasteiger charge is 2.31. The highest BCUT2D eigenvalue weighted by Crippen LogP contribution is 2.21. The van der Waals surface area contributed by atoms with E-state index >= 15 is 0 Å². The Morgan fingerprint density at radius 1 is 1.53 bits per heavy atom. The number of nitriles is 1. The fourth-order valence-electron chi connectivity index (χ4n) is 2.57. The van der Waals surface area contributed by atoms with Gasteiger partial charge in [0.05, 0.1) is 17.7 Å². The number of hydrogen-bond donors (Lipinski definition) is 0. The summed E-state index contributed by atoms with van der Waals surface area (Å²) in [6.07, 6.45) is 1.98. The molecule has 0 aliphatic carbocycles. The Balaban J connectivity index is 2.09. The Morgan fingerprint density at radius 3 is 3.00 bits per heavy atom. The van der Waals surface area contributed by atoms with Gasteiger partial charge in [-0.25, -0.2) is 0 Å². The second-order valence-electron chi connectivity index (χ2n) is 5.17. The van der Waals surface area contributed by atoms with E-state index in [4.69, 9.17) is 5.26 Å². The number of likely N-dealkylation sites (N-methyl/N-ethyl adjacent to an activating group) is 1. The number of hydrogen-bond acceptors (Lipinski definition) is 3. The van der Waals surface area contributed by atoms with Crippen LogP contribution < -0.4 is 0 Å². The normalized spacial score (nSPS) is 19.1. The molecule has 0 spiro atoms. The third-order valence-corrected chi connectivity index (χ3v) is 3.53. The molecule has 1 aromatic rings. The molecule has 1 fully saturated rings. The zero-order valence-corrected chi connectivity index (χ0v) is 11.5. The van der Waals surface area contributed by atoms with Crippen LogP contribution in [0.4, 0.5) is 0 Å². The number of rotatable bonds is 3. The minimum atomic E-state index is -0.0132. The standard InChI is InChI=1S/C15H19N3O/c1-17(2)15(19)14-7-4-8-18(14)11-13-6-3-5-12(9-13)10-16/h3,5-6,9,14H,4,7-8,11H2,1-2H3. The maximum absolute atomic E-state index is 12.1. The second-order valence-corrected chi connectivity index (χ2v) is 5.17. The van der Waals surface area contributed by atoms with Crippen LogP contribution in [0.3, 0.4) is 0 Å². The number of benzene rings is 1. The molecule has 1 amide bonds. The number of carbonyl (C=O) groups is 1. The molecule has 1 saturated heterocycles. The van der Waals surface area contributed by atoms with Gasteiger partial charge in [0.2, 0.25) is 5.91 Å². The molecule has 1 aliphatic rings. The molecule has 0 saturated carbocycles. The SMILES string of the molecule is CN(C)C(=O)C1CCCN1Cc1cccc(C#N)c1. The summed E-state index contributed by atoms with van der Waals surface area (Å²) < 4.78 is 0. The Labute approximate surface area is 114 Å². The molecule has 1 aromatic carbocycles. The lowest BCUT2D eigenvalue weighted by Crippen LogP contribution is -2.42. The van der Waals surface area contributed by atoms with Crippen molar-refractivity contribution in [3.8, 4) is 6.07 Å². The molecule has 4 heteroatoms. The number of carbonyl (C=O) groups excluding carboxylic acids is 1.